The summed E-state index contributed by atoms with van der Waals surface area (Å²) >= 11 is 0. The maximum Gasteiger partial charge on any atom is 0.242 e. The highest BCUT2D eigenvalue weighted by molar-refractivity contribution is 5.86. The molecule has 2 rings (SSSR count). The zero-order chi connectivity index (χ0) is 18.1. The molecule has 154 valence electrons. The number of halogens is 2. The van der Waals surface area contributed by atoms with E-state index in [9.17, 15) is 14.7 Å². The molecule has 4 N–H and O–H groups in total. The predicted molar refractivity (Wildman–Crippen MR) is 108 cm³/mol. The number of rotatable bonds is 8. The molecule has 1 unspecified atom stereocenters. The van der Waals surface area contributed by atoms with E-state index in [4.69, 9.17) is 10.5 Å². The first-order valence-electron chi connectivity index (χ1n) is 8.41. The van der Waals surface area contributed by atoms with E-state index >= 15 is 0 Å². The lowest BCUT2D eigenvalue weighted by Crippen LogP contribution is -2.53. The monoisotopic (exact) mass is 422 g/mol. The molecule has 0 radical (unpaired) electrons. The lowest BCUT2D eigenvalue weighted by Gasteiger charge is -2.35. The number of nitrogens with zero attached hydrogens (tertiary/aromatic N) is 2. The van der Waals surface area contributed by atoms with Crippen LogP contribution in [0.5, 0.6) is 5.75 Å². The van der Waals surface area contributed by atoms with E-state index in [-0.39, 0.29) is 56.3 Å². The van der Waals surface area contributed by atoms with Crippen molar-refractivity contribution < 1.29 is 19.4 Å². The maximum atomic E-state index is 12.0. The molecule has 0 aliphatic carbocycles. The Morgan fingerprint density at radius 2 is 1.78 bits per heavy atom. The van der Waals surface area contributed by atoms with E-state index in [0.717, 1.165) is 5.75 Å². The van der Waals surface area contributed by atoms with E-state index in [1.807, 2.05) is 30.3 Å². The van der Waals surface area contributed by atoms with Crippen LogP contribution in [0.2, 0.25) is 0 Å². The summed E-state index contributed by atoms with van der Waals surface area (Å²) in [6.45, 7) is 3.09. The third-order valence-corrected chi connectivity index (χ3v) is 4.00. The van der Waals surface area contributed by atoms with Gasteiger partial charge in [0.1, 0.15) is 18.5 Å². The predicted octanol–water partition coefficient (Wildman–Crippen LogP) is -0.511. The first-order valence-corrected chi connectivity index (χ1v) is 8.41. The van der Waals surface area contributed by atoms with E-state index in [1.165, 1.54) is 0 Å². The molecule has 10 heteroatoms. The number of aliphatic hydroxyl groups excluding tert-OH is 1. The van der Waals surface area contributed by atoms with Crippen molar-refractivity contribution in [3.63, 3.8) is 0 Å². The zero-order valence-corrected chi connectivity index (χ0v) is 16.7. The normalized spacial score (nSPS) is 15.1. The lowest BCUT2D eigenvalue weighted by molar-refractivity contribution is -0.134. The highest BCUT2D eigenvalue weighted by Crippen LogP contribution is 2.09. The Kier molecular flexibility index (Phi) is 12.8. The van der Waals surface area contributed by atoms with E-state index < -0.39 is 6.10 Å². The fraction of sp³-hybridized carbons (Fsp3) is 0.529. The minimum Gasteiger partial charge on any atom is -0.491 e. The van der Waals surface area contributed by atoms with Crippen molar-refractivity contribution >= 4 is 36.6 Å². The third-order valence-electron chi connectivity index (χ3n) is 4.00. The summed E-state index contributed by atoms with van der Waals surface area (Å²) in [7, 11) is 0. The van der Waals surface area contributed by atoms with Crippen molar-refractivity contribution in [2.24, 2.45) is 5.73 Å². The summed E-state index contributed by atoms with van der Waals surface area (Å²) in [4.78, 5) is 26.9. The average Bonchev–Trinajstić information content (AvgIpc) is 2.65. The molecule has 8 nitrogen and oxygen atoms in total. The van der Waals surface area contributed by atoms with Crippen molar-refractivity contribution in [3.05, 3.63) is 30.3 Å². The number of aliphatic hydroxyl groups is 1. The number of nitrogens with one attached hydrogen (secondary N) is 1. The van der Waals surface area contributed by atoms with Crippen molar-refractivity contribution in [2.75, 3.05) is 52.4 Å². The SMILES string of the molecule is Cl.Cl.NCC(=O)NCC(=O)N1CCN(CC(O)COc2ccccc2)CC1. The second-order valence-electron chi connectivity index (χ2n) is 5.94. The van der Waals surface area contributed by atoms with Crippen LogP contribution in [-0.4, -0.2) is 85.2 Å². The minimum absolute atomic E-state index is 0. The van der Waals surface area contributed by atoms with Crippen LogP contribution >= 0.6 is 24.8 Å². The molecule has 1 heterocycles. The molecule has 2 amide bonds. The molecular formula is C17H28Cl2N4O4. The Balaban J connectivity index is 0.00000338. The van der Waals surface area contributed by atoms with Gasteiger partial charge in [-0.2, -0.15) is 0 Å². The van der Waals surface area contributed by atoms with Gasteiger partial charge in [0.2, 0.25) is 11.8 Å². The molecule has 27 heavy (non-hydrogen) atoms. The Morgan fingerprint density at radius 1 is 1.15 bits per heavy atom. The van der Waals surface area contributed by atoms with Crippen LogP contribution in [0, 0.1) is 0 Å². The van der Waals surface area contributed by atoms with Gasteiger partial charge in [0, 0.05) is 32.7 Å². The molecular weight excluding hydrogens is 395 g/mol. The van der Waals surface area contributed by atoms with Gasteiger partial charge in [-0.1, -0.05) is 18.2 Å². The quantitative estimate of drug-likeness (QED) is 0.520. The van der Waals surface area contributed by atoms with Gasteiger partial charge in [-0.05, 0) is 12.1 Å². The Bertz CT molecular complexity index is 557. The van der Waals surface area contributed by atoms with Crippen LogP contribution < -0.4 is 15.8 Å². The van der Waals surface area contributed by atoms with Crippen LogP contribution in [0.15, 0.2) is 30.3 Å². The maximum absolute atomic E-state index is 12.0. The smallest absolute Gasteiger partial charge is 0.242 e. The van der Waals surface area contributed by atoms with Crippen molar-refractivity contribution in [2.45, 2.75) is 6.10 Å². The van der Waals surface area contributed by atoms with Crippen LogP contribution in [0.4, 0.5) is 0 Å². The Morgan fingerprint density at radius 3 is 2.37 bits per heavy atom. The van der Waals surface area contributed by atoms with Gasteiger partial charge in [0.05, 0.1) is 13.1 Å². The lowest BCUT2D eigenvalue weighted by atomic mass is 10.2. The number of hydrogen-bond acceptors (Lipinski definition) is 6. The fourth-order valence-electron chi connectivity index (χ4n) is 2.60. The van der Waals surface area contributed by atoms with Gasteiger partial charge in [-0.3, -0.25) is 14.5 Å². The first kappa shape index (κ1) is 25.4. The fourth-order valence-corrected chi connectivity index (χ4v) is 2.60. The number of carbonyl (C=O) groups excluding carboxylic acids is 2. The Hall–Kier alpha value is -1.58. The summed E-state index contributed by atoms with van der Waals surface area (Å²) in [6, 6.07) is 9.37. The van der Waals surface area contributed by atoms with Crippen molar-refractivity contribution in [1.82, 2.24) is 15.1 Å². The standard InChI is InChI=1S/C17H26N4O4.2ClH/c18-10-16(23)19-11-17(24)21-8-6-20(7-9-21)12-14(22)13-25-15-4-2-1-3-5-15;;/h1-5,14,22H,6-13,18H2,(H,19,23);2*1H. The van der Waals surface area contributed by atoms with E-state index in [2.05, 4.69) is 10.2 Å². The molecule has 0 aromatic heterocycles. The molecule has 1 aliphatic rings. The summed E-state index contributed by atoms with van der Waals surface area (Å²) in [6.07, 6.45) is -0.591. The van der Waals surface area contributed by atoms with Crippen LogP contribution in [0.1, 0.15) is 0 Å². The van der Waals surface area contributed by atoms with Gasteiger partial charge in [0.15, 0.2) is 0 Å². The molecule has 1 aromatic carbocycles. The summed E-state index contributed by atoms with van der Waals surface area (Å²) in [5.41, 5.74) is 5.19. The van der Waals surface area contributed by atoms with Gasteiger partial charge in [-0.15, -0.1) is 24.8 Å². The van der Waals surface area contributed by atoms with Crippen LogP contribution in [0.25, 0.3) is 0 Å². The van der Waals surface area contributed by atoms with Gasteiger partial charge in [0.25, 0.3) is 0 Å². The number of nitrogens with two attached hydrogens (primary N) is 1. The van der Waals surface area contributed by atoms with Gasteiger partial charge in [-0.25, -0.2) is 0 Å². The number of benzene rings is 1. The molecule has 1 aliphatic heterocycles. The second-order valence-corrected chi connectivity index (χ2v) is 5.94. The van der Waals surface area contributed by atoms with Crippen LogP contribution in [-0.2, 0) is 9.59 Å². The number of carbonyl (C=O) groups is 2. The molecule has 1 atom stereocenters. The van der Waals surface area contributed by atoms with E-state index in [1.54, 1.807) is 4.90 Å². The number of para-hydroxylation sites is 1. The molecule has 1 aromatic rings. The van der Waals surface area contributed by atoms with E-state index in [0.29, 0.717) is 32.7 Å². The van der Waals surface area contributed by atoms with Crippen molar-refractivity contribution in [1.29, 1.82) is 0 Å². The molecule has 1 saturated heterocycles. The molecule has 1 fully saturated rings. The largest absolute Gasteiger partial charge is 0.491 e. The third kappa shape index (κ3) is 9.25. The number of amides is 2. The number of piperazine rings is 1. The number of ether oxygens (including phenoxy) is 1. The van der Waals surface area contributed by atoms with Crippen LogP contribution in [0.3, 0.4) is 0 Å². The van der Waals surface area contributed by atoms with Gasteiger partial charge < -0.3 is 25.8 Å². The molecule has 0 spiro atoms. The summed E-state index contributed by atoms with van der Waals surface area (Å²) < 4.78 is 5.54. The number of hydrogen-bond donors (Lipinski definition) is 3. The second kappa shape index (κ2) is 13.6. The zero-order valence-electron chi connectivity index (χ0n) is 15.1. The summed E-state index contributed by atoms with van der Waals surface area (Å²) in [5, 5.41) is 12.6. The summed E-state index contributed by atoms with van der Waals surface area (Å²) in [5.74, 6) is 0.277. The van der Waals surface area contributed by atoms with Gasteiger partial charge >= 0.3 is 0 Å². The molecule has 0 bridgehead atoms. The number of β-amino-alcohol motifs (C(OH)–C–C–N with tert-alkyl or cyclic N) is 1. The Labute approximate surface area is 171 Å². The topological polar surface area (TPSA) is 108 Å². The average molecular weight is 423 g/mol. The first-order chi connectivity index (χ1) is 12.1. The highest BCUT2D eigenvalue weighted by Gasteiger charge is 2.22. The minimum atomic E-state index is -0.591. The molecule has 0 saturated carbocycles. The van der Waals surface area contributed by atoms with Crippen molar-refractivity contribution in [3.8, 4) is 5.75 Å². The highest BCUT2D eigenvalue weighted by atomic mass is 35.5.